The number of carboxylic acids is 1. The lowest BCUT2D eigenvalue weighted by atomic mass is 9.74. The summed E-state index contributed by atoms with van der Waals surface area (Å²) in [7, 11) is 0. The second kappa shape index (κ2) is 11.9. The Balaban J connectivity index is 0.00000225. The molecular formula is C20H29Cl3N4O3. The van der Waals surface area contributed by atoms with Crippen LogP contribution in [0.1, 0.15) is 37.7 Å². The molecule has 0 unspecified atom stereocenters. The molecule has 3 rings (SSSR count). The van der Waals surface area contributed by atoms with Crippen LogP contribution in [0.4, 0.5) is 5.82 Å². The van der Waals surface area contributed by atoms with E-state index in [1.54, 1.807) is 12.3 Å². The van der Waals surface area contributed by atoms with Crippen molar-refractivity contribution < 1.29 is 14.7 Å². The SMILES string of the molecule is Cl.Cl.NC[C@H]1CC[C@H](C(=O)[C@@]2(Nc3ncc(/C=C/C(=O)O)cc3Cl)CCNC2)CC1. The van der Waals surface area contributed by atoms with Gasteiger partial charge in [-0.15, -0.1) is 24.8 Å². The van der Waals surface area contributed by atoms with Crippen LogP contribution in [0.2, 0.25) is 5.02 Å². The fraction of sp³-hybridized carbons (Fsp3) is 0.550. The Labute approximate surface area is 194 Å². The van der Waals surface area contributed by atoms with E-state index in [1.165, 1.54) is 6.08 Å². The van der Waals surface area contributed by atoms with Crippen molar-refractivity contribution in [2.75, 3.05) is 25.0 Å². The Bertz CT molecular complexity index is 762. The van der Waals surface area contributed by atoms with E-state index in [4.69, 9.17) is 22.4 Å². The third kappa shape index (κ3) is 6.31. The highest BCUT2D eigenvalue weighted by Crippen LogP contribution is 2.35. The fourth-order valence-corrected chi connectivity index (χ4v) is 4.37. The minimum absolute atomic E-state index is 0. The molecule has 1 atom stereocenters. The molecule has 0 aromatic carbocycles. The second-order valence-electron chi connectivity index (χ2n) is 7.72. The molecular weight excluding hydrogens is 451 g/mol. The highest BCUT2D eigenvalue weighted by molar-refractivity contribution is 6.33. The summed E-state index contributed by atoms with van der Waals surface area (Å²) in [5, 5.41) is 15.7. The van der Waals surface area contributed by atoms with Crippen LogP contribution in [-0.2, 0) is 9.59 Å². The molecule has 0 amide bonds. The van der Waals surface area contributed by atoms with Gasteiger partial charge in [-0.05, 0) is 68.8 Å². The first kappa shape index (κ1) is 26.7. The number of nitrogens with two attached hydrogens (primary N) is 1. The van der Waals surface area contributed by atoms with Crippen LogP contribution in [0, 0.1) is 11.8 Å². The molecule has 5 N–H and O–H groups in total. The van der Waals surface area contributed by atoms with Gasteiger partial charge in [0.2, 0.25) is 0 Å². The summed E-state index contributed by atoms with van der Waals surface area (Å²) >= 11 is 6.36. The van der Waals surface area contributed by atoms with Gasteiger partial charge in [-0.3, -0.25) is 4.79 Å². The van der Waals surface area contributed by atoms with Crippen molar-refractivity contribution in [1.82, 2.24) is 10.3 Å². The summed E-state index contributed by atoms with van der Waals surface area (Å²) < 4.78 is 0. The Kier molecular flexibility index (Phi) is 10.5. The predicted octanol–water partition coefficient (Wildman–Crippen LogP) is 3.15. The zero-order chi connectivity index (χ0) is 20.1. The lowest BCUT2D eigenvalue weighted by molar-refractivity contribution is -0.131. The van der Waals surface area contributed by atoms with Crippen LogP contribution >= 0.6 is 36.4 Å². The Hall–Kier alpha value is -1.38. The molecule has 1 aliphatic heterocycles. The highest BCUT2D eigenvalue weighted by Gasteiger charge is 2.45. The van der Waals surface area contributed by atoms with Gasteiger partial charge in [-0.1, -0.05) is 11.6 Å². The third-order valence-electron chi connectivity index (χ3n) is 5.82. The first-order valence-electron chi connectivity index (χ1n) is 9.73. The van der Waals surface area contributed by atoms with E-state index >= 15 is 0 Å². The van der Waals surface area contributed by atoms with Gasteiger partial charge in [0.25, 0.3) is 0 Å². The number of hydrogen-bond donors (Lipinski definition) is 4. The summed E-state index contributed by atoms with van der Waals surface area (Å²) in [4.78, 5) is 28.4. The first-order valence-corrected chi connectivity index (χ1v) is 10.1. The van der Waals surface area contributed by atoms with Gasteiger partial charge in [-0.25, -0.2) is 9.78 Å². The number of nitrogens with one attached hydrogen (secondary N) is 2. The number of halogens is 3. The molecule has 1 saturated carbocycles. The number of nitrogens with zero attached hydrogens (tertiary/aromatic N) is 1. The van der Waals surface area contributed by atoms with E-state index in [1.807, 2.05) is 0 Å². The van der Waals surface area contributed by atoms with E-state index in [2.05, 4.69) is 15.6 Å². The second-order valence-corrected chi connectivity index (χ2v) is 8.13. The summed E-state index contributed by atoms with van der Waals surface area (Å²) in [6.45, 7) is 1.99. The molecule has 10 heteroatoms. The number of anilines is 1. The van der Waals surface area contributed by atoms with E-state index in [0.29, 0.717) is 41.8 Å². The quantitative estimate of drug-likeness (QED) is 0.444. The number of aliphatic carboxylic acids is 1. The van der Waals surface area contributed by atoms with Crippen molar-refractivity contribution in [3.63, 3.8) is 0 Å². The van der Waals surface area contributed by atoms with Crippen molar-refractivity contribution in [3.8, 4) is 0 Å². The molecule has 0 bridgehead atoms. The maximum absolute atomic E-state index is 13.4. The zero-order valence-electron chi connectivity index (χ0n) is 16.6. The number of Topliss-reactive ketones (excluding diaryl/α,β-unsaturated/α-hetero) is 1. The summed E-state index contributed by atoms with van der Waals surface area (Å²) in [6.07, 6.45) is 8.44. The molecule has 1 aromatic rings. The van der Waals surface area contributed by atoms with Crippen LogP contribution in [0.25, 0.3) is 6.08 Å². The lowest BCUT2D eigenvalue weighted by Gasteiger charge is -2.35. The van der Waals surface area contributed by atoms with Crippen molar-refractivity contribution in [3.05, 3.63) is 28.9 Å². The first-order chi connectivity index (χ1) is 13.4. The number of carbonyl (C=O) groups excluding carboxylic acids is 1. The number of aromatic nitrogens is 1. The van der Waals surface area contributed by atoms with Gasteiger partial charge in [0.05, 0.1) is 5.02 Å². The average Bonchev–Trinajstić information content (AvgIpc) is 3.17. The Morgan fingerprint density at radius 2 is 2.03 bits per heavy atom. The maximum Gasteiger partial charge on any atom is 0.328 e. The zero-order valence-corrected chi connectivity index (χ0v) is 19.0. The summed E-state index contributed by atoms with van der Waals surface area (Å²) in [5.41, 5.74) is 5.65. The summed E-state index contributed by atoms with van der Waals surface area (Å²) in [5.74, 6) is 0.190. The van der Waals surface area contributed by atoms with Crippen LogP contribution < -0.4 is 16.4 Å². The standard InChI is InChI=1S/C20H27ClN4O3.2ClH/c21-16-9-14(3-6-17(26)27)11-24-19(16)25-20(7-8-23-12-20)18(28)15-4-1-13(10-22)2-5-15;;/h3,6,9,11,13,15,23H,1-2,4-5,7-8,10,12,22H2,(H,24,25)(H,26,27);2*1H/b6-3+;;/t13-,15-,20-;;/m1../s1. The number of rotatable bonds is 7. The van der Waals surface area contributed by atoms with Crippen molar-refractivity contribution in [2.24, 2.45) is 17.6 Å². The van der Waals surface area contributed by atoms with Crippen molar-refractivity contribution in [1.29, 1.82) is 0 Å². The van der Waals surface area contributed by atoms with Crippen LogP contribution in [0.15, 0.2) is 18.3 Å². The lowest BCUT2D eigenvalue weighted by Crippen LogP contribution is -2.52. The minimum atomic E-state index is -1.04. The smallest absolute Gasteiger partial charge is 0.328 e. The average molecular weight is 480 g/mol. The van der Waals surface area contributed by atoms with Gasteiger partial charge < -0.3 is 21.5 Å². The van der Waals surface area contributed by atoms with E-state index in [9.17, 15) is 9.59 Å². The topological polar surface area (TPSA) is 117 Å². The molecule has 2 aliphatic rings. The van der Waals surface area contributed by atoms with Gasteiger partial charge in [0, 0.05) is 24.7 Å². The summed E-state index contributed by atoms with van der Waals surface area (Å²) in [6, 6.07) is 1.64. The molecule has 30 heavy (non-hydrogen) atoms. The number of hydrogen-bond acceptors (Lipinski definition) is 6. The molecule has 7 nitrogen and oxygen atoms in total. The maximum atomic E-state index is 13.4. The van der Waals surface area contributed by atoms with Gasteiger partial charge in [-0.2, -0.15) is 0 Å². The van der Waals surface area contributed by atoms with E-state index in [-0.39, 0.29) is 36.5 Å². The molecule has 1 aliphatic carbocycles. The van der Waals surface area contributed by atoms with Crippen LogP contribution in [0.5, 0.6) is 0 Å². The molecule has 2 fully saturated rings. The van der Waals surface area contributed by atoms with E-state index < -0.39 is 11.5 Å². The van der Waals surface area contributed by atoms with Crippen LogP contribution in [-0.4, -0.2) is 47.0 Å². The van der Waals surface area contributed by atoms with Gasteiger partial charge in [0.15, 0.2) is 5.78 Å². The number of carboxylic acid groups (broad SMARTS) is 1. The minimum Gasteiger partial charge on any atom is -0.478 e. The van der Waals surface area contributed by atoms with E-state index in [0.717, 1.165) is 38.3 Å². The number of carbonyl (C=O) groups is 2. The molecule has 0 spiro atoms. The fourth-order valence-electron chi connectivity index (χ4n) is 4.15. The van der Waals surface area contributed by atoms with Crippen molar-refractivity contribution in [2.45, 2.75) is 37.6 Å². The predicted molar refractivity (Wildman–Crippen MR) is 124 cm³/mol. The van der Waals surface area contributed by atoms with Gasteiger partial charge >= 0.3 is 5.97 Å². The largest absolute Gasteiger partial charge is 0.478 e. The third-order valence-corrected chi connectivity index (χ3v) is 6.10. The molecule has 0 radical (unpaired) electrons. The number of ketones is 1. The Morgan fingerprint density at radius 3 is 2.57 bits per heavy atom. The van der Waals surface area contributed by atoms with Gasteiger partial charge in [0.1, 0.15) is 11.4 Å². The molecule has 1 saturated heterocycles. The number of pyridine rings is 1. The van der Waals surface area contributed by atoms with Crippen molar-refractivity contribution >= 4 is 60.1 Å². The monoisotopic (exact) mass is 478 g/mol. The molecule has 2 heterocycles. The highest BCUT2D eigenvalue weighted by atomic mass is 35.5. The molecule has 168 valence electrons. The molecule has 1 aromatic heterocycles. The Morgan fingerprint density at radius 1 is 1.33 bits per heavy atom. The van der Waals surface area contributed by atoms with Crippen LogP contribution in [0.3, 0.4) is 0 Å². The normalized spacial score (nSPS) is 25.9.